The Hall–Kier alpha value is -0.810. The molecule has 0 aromatic heterocycles. The van der Waals surface area contributed by atoms with Crippen LogP contribution in [0.2, 0.25) is 0 Å². The Bertz CT molecular complexity index is 682. The molecule has 0 aliphatic heterocycles. The molecule has 2 nitrogen and oxygen atoms in total. The lowest BCUT2D eigenvalue weighted by molar-refractivity contribution is -0.129. The molecule has 0 aromatic carbocycles. The molecule has 0 saturated heterocycles. The van der Waals surface area contributed by atoms with E-state index in [2.05, 4.69) is 18.8 Å². The predicted molar refractivity (Wildman–Crippen MR) is 107 cm³/mol. The number of rotatable bonds is 1. The minimum atomic E-state index is -0.702. The van der Waals surface area contributed by atoms with Crippen LogP contribution in [0.5, 0.6) is 0 Å². The normalized spacial score (nSPS) is 51.4. The van der Waals surface area contributed by atoms with Crippen LogP contribution in [0.4, 0.5) is 0 Å². The molecule has 27 heavy (non-hydrogen) atoms. The smallest absolute Gasteiger partial charge is 0.133 e. The molecule has 1 N–H and O–H groups in total. The molecular formula is C25H36O2. The van der Waals surface area contributed by atoms with Crippen LogP contribution in [-0.4, -0.2) is 16.5 Å². The molecule has 5 aliphatic carbocycles. The Balaban J connectivity index is 1.32. The number of hydrogen-bond donors (Lipinski definition) is 1. The van der Waals surface area contributed by atoms with Gasteiger partial charge in [-0.15, -0.1) is 0 Å². The van der Waals surface area contributed by atoms with Gasteiger partial charge in [-0.1, -0.05) is 18.8 Å². The van der Waals surface area contributed by atoms with Crippen LogP contribution in [0.15, 0.2) is 0 Å². The van der Waals surface area contributed by atoms with Gasteiger partial charge in [-0.25, -0.2) is 0 Å². The number of carbonyl (C=O) groups excluding carboxylic acids is 1. The maximum Gasteiger partial charge on any atom is 0.133 e. The minimum Gasteiger partial charge on any atom is -0.378 e. The highest BCUT2D eigenvalue weighted by Gasteiger charge is 2.58. The first-order chi connectivity index (χ1) is 12.9. The van der Waals surface area contributed by atoms with E-state index in [1.54, 1.807) is 0 Å². The van der Waals surface area contributed by atoms with E-state index in [-0.39, 0.29) is 5.41 Å². The first-order valence-electron chi connectivity index (χ1n) is 11.7. The molecule has 5 aliphatic rings. The van der Waals surface area contributed by atoms with Gasteiger partial charge in [-0.05, 0) is 113 Å². The monoisotopic (exact) mass is 368 g/mol. The van der Waals surface area contributed by atoms with Gasteiger partial charge in [-0.3, -0.25) is 4.79 Å². The number of Topliss-reactive ketones (excluding diaryl/α,β-unsaturated/α-hetero) is 1. The van der Waals surface area contributed by atoms with E-state index in [1.165, 1.54) is 51.4 Å². The van der Waals surface area contributed by atoms with Crippen LogP contribution in [0.1, 0.15) is 84.5 Å². The molecule has 148 valence electrons. The quantitative estimate of drug-likeness (QED) is 0.662. The van der Waals surface area contributed by atoms with Crippen LogP contribution in [-0.2, 0) is 4.79 Å². The van der Waals surface area contributed by atoms with Crippen molar-refractivity contribution >= 4 is 5.78 Å². The third-order valence-corrected chi connectivity index (χ3v) is 9.59. The van der Waals surface area contributed by atoms with E-state index in [0.717, 1.165) is 42.9 Å². The van der Waals surface area contributed by atoms with Crippen molar-refractivity contribution in [2.75, 3.05) is 0 Å². The largest absolute Gasteiger partial charge is 0.378 e. The predicted octanol–water partition coefficient (Wildman–Crippen LogP) is 4.99. The van der Waals surface area contributed by atoms with Gasteiger partial charge in [0.15, 0.2) is 0 Å². The number of hydrogen-bond acceptors (Lipinski definition) is 2. The Morgan fingerprint density at radius 2 is 1.70 bits per heavy atom. The highest BCUT2D eigenvalue weighted by molar-refractivity contribution is 5.79. The van der Waals surface area contributed by atoms with Crippen LogP contribution in [0.3, 0.4) is 0 Å². The molecule has 0 radical (unpaired) electrons. The van der Waals surface area contributed by atoms with E-state index in [1.807, 2.05) is 6.92 Å². The van der Waals surface area contributed by atoms with Crippen molar-refractivity contribution < 1.29 is 9.90 Å². The van der Waals surface area contributed by atoms with Gasteiger partial charge in [0.25, 0.3) is 0 Å². The third kappa shape index (κ3) is 3.00. The van der Waals surface area contributed by atoms with Gasteiger partial charge >= 0.3 is 0 Å². The fourth-order valence-corrected chi connectivity index (χ4v) is 8.12. The average molecular weight is 369 g/mol. The van der Waals surface area contributed by atoms with Gasteiger partial charge < -0.3 is 5.11 Å². The van der Waals surface area contributed by atoms with E-state index < -0.39 is 5.60 Å². The van der Waals surface area contributed by atoms with Crippen LogP contribution < -0.4 is 0 Å². The molecule has 0 heterocycles. The molecule has 4 unspecified atom stereocenters. The van der Waals surface area contributed by atoms with E-state index in [0.29, 0.717) is 23.5 Å². The number of aliphatic hydroxyl groups is 1. The fraction of sp³-hybridized carbons (Fsp3) is 0.880. The number of fused-ring (bicyclic) bond motifs is 5. The summed E-state index contributed by atoms with van der Waals surface area (Å²) < 4.78 is 0. The van der Waals surface area contributed by atoms with Crippen LogP contribution >= 0.6 is 0 Å². The van der Waals surface area contributed by atoms with Gasteiger partial charge in [0, 0.05) is 11.8 Å². The molecule has 0 spiro atoms. The maximum absolute atomic E-state index is 12.2. The zero-order chi connectivity index (χ0) is 18.8. The molecular weight excluding hydrogens is 332 g/mol. The molecule has 0 bridgehead atoms. The summed E-state index contributed by atoms with van der Waals surface area (Å²) in [7, 11) is 0. The molecule has 0 amide bonds. The molecule has 5 saturated carbocycles. The summed E-state index contributed by atoms with van der Waals surface area (Å²) in [6.07, 6.45) is 13.0. The van der Waals surface area contributed by atoms with Crippen molar-refractivity contribution in [3.05, 3.63) is 0 Å². The van der Waals surface area contributed by atoms with Gasteiger partial charge in [0.2, 0.25) is 0 Å². The van der Waals surface area contributed by atoms with Crippen molar-refractivity contribution in [1.82, 2.24) is 0 Å². The lowest BCUT2D eigenvalue weighted by Crippen LogP contribution is -2.51. The van der Waals surface area contributed by atoms with Crippen molar-refractivity contribution in [2.45, 2.75) is 90.1 Å². The van der Waals surface area contributed by atoms with Crippen LogP contribution in [0, 0.1) is 58.7 Å². The SMILES string of the molecule is CC(=O)[C@H]1CCC2C3CCC4C[C@@](O)(C#CC5CC5)CC[C@@H]4C3CC[C@@]21C. The zero-order valence-corrected chi connectivity index (χ0v) is 17.2. The van der Waals surface area contributed by atoms with E-state index in [4.69, 9.17) is 0 Å². The molecule has 5 rings (SSSR count). The highest BCUT2D eigenvalue weighted by Crippen LogP contribution is 2.64. The summed E-state index contributed by atoms with van der Waals surface area (Å²) >= 11 is 0. The summed E-state index contributed by atoms with van der Waals surface area (Å²) in [5.41, 5.74) is -0.433. The average Bonchev–Trinajstić information content (AvgIpc) is 3.39. The minimum absolute atomic E-state index is 0.269. The highest BCUT2D eigenvalue weighted by atomic mass is 16.3. The number of carbonyl (C=O) groups is 1. The Morgan fingerprint density at radius 3 is 2.44 bits per heavy atom. The fourth-order valence-electron chi connectivity index (χ4n) is 8.12. The summed E-state index contributed by atoms with van der Waals surface area (Å²) in [5.74, 6) is 11.9. The third-order valence-electron chi connectivity index (χ3n) is 9.59. The van der Waals surface area contributed by atoms with E-state index in [9.17, 15) is 9.90 Å². The Morgan fingerprint density at radius 1 is 0.926 bits per heavy atom. The Labute approximate surface area is 164 Å². The van der Waals surface area contributed by atoms with Crippen molar-refractivity contribution in [1.29, 1.82) is 0 Å². The molecule has 8 atom stereocenters. The lowest BCUT2D eigenvalue weighted by Gasteiger charge is -2.56. The lowest BCUT2D eigenvalue weighted by atomic mass is 9.49. The Kier molecular flexibility index (Phi) is 4.29. The summed E-state index contributed by atoms with van der Waals surface area (Å²) in [6, 6.07) is 0. The first kappa shape index (κ1) is 18.2. The molecule has 2 heteroatoms. The summed E-state index contributed by atoms with van der Waals surface area (Å²) in [5, 5.41) is 11.1. The van der Waals surface area contributed by atoms with Crippen LogP contribution in [0.25, 0.3) is 0 Å². The van der Waals surface area contributed by atoms with E-state index >= 15 is 0 Å². The van der Waals surface area contributed by atoms with Crippen molar-refractivity contribution in [3.8, 4) is 11.8 Å². The van der Waals surface area contributed by atoms with Crippen molar-refractivity contribution in [2.24, 2.45) is 46.8 Å². The first-order valence-corrected chi connectivity index (χ1v) is 11.7. The van der Waals surface area contributed by atoms with Gasteiger partial charge in [0.1, 0.15) is 11.4 Å². The summed E-state index contributed by atoms with van der Waals surface area (Å²) in [6.45, 7) is 4.26. The second kappa shape index (κ2) is 6.35. The zero-order valence-electron chi connectivity index (χ0n) is 17.2. The molecule has 5 fully saturated rings. The van der Waals surface area contributed by atoms with Gasteiger partial charge in [0.05, 0.1) is 0 Å². The standard InChI is InChI=1S/C25H36O2/c1-16(26)22-7-8-23-21-6-5-18-15-25(27,13-9-17-3-4-17)14-11-19(18)20(21)10-12-24(22,23)2/h17-23,27H,3-8,10-12,14-15H2,1-2H3/t18?,19-,20?,21?,22+,23?,24+,25+/m0/s1. The topological polar surface area (TPSA) is 37.3 Å². The van der Waals surface area contributed by atoms with Gasteiger partial charge in [-0.2, -0.15) is 0 Å². The summed E-state index contributed by atoms with van der Waals surface area (Å²) in [4.78, 5) is 12.2. The van der Waals surface area contributed by atoms with Crippen molar-refractivity contribution in [3.63, 3.8) is 0 Å². The molecule has 0 aromatic rings. The maximum atomic E-state index is 12.2. The second-order valence-electron chi connectivity index (χ2n) is 11.0. The second-order valence-corrected chi connectivity index (χ2v) is 11.0. The number of ketones is 1.